The fourth-order valence-corrected chi connectivity index (χ4v) is 1.50. The normalized spacial score (nSPS) is 10.3. The van der Waals surface area contributed by atoms with Crippen molar-refractivity contribution in [2.24, 2.45) is 0 Å². The summed E-state index contributed by atoms with van der Waals surface area (Å²) in [5, 5.41) is 2.38. The minimum Gasteiger partial charge on any atom is -0.469 e. The quantitative estimate of drug-likeness (QED) is 0.907. The zero-order valence-electron chi connectivity index (χ0n) is 9.45. The van der Waals surface area contributed by atoms with Crippen molar-refractivity contribution in [3.63, 3.8) is 0 Å². The molecule has 2 aromatic rings. The van der Waals surface area contributed by atoms with Crippen molar-refractivity contribution in [3.8, 4) is 0 Å². The van der Waals surface area contributed by atoms with Gasteiger partial charge in [-0.3, -0.25) is 4.79 Å². The molecule has 1 aromatic heterocycles. The van der Waals surface area contributed by atoms with Crippen molar-refractivity contribution in [1.29, 1.82) is 0 Å². The molecule has 0 aliphatic heterocycles. The average Bonchev–Trinajstić information content (AvgIpc) is 2.83. The smallest absolute Gasteiger partial charge is 0.224 e. The summed E-state index contributed by atoms with van der Waals surface area (Å²) in [6, 6.07) is 6.49. The van der Waals surface area contributed by atoms with E-state index in [0.717, 1.165) is 12.1 Å². The lowest BCUT2D eigenvalue weighted by atomic mass is 10.2. The van der Waals surface area contributed by atoms with Crippen LogP contribution in [0.1, 0.15) is 12.2 Å². The van der Waals surface area contributed by atoms with Crippen molar-refractivity contribution in [2.75, 3.05) is 5.32 Å². The zero-order valence-corrected chi connectivity index (χ0v) is 9.45. The van der Waals surface area contributed by atoms with Gasteiger partial charge in [-0.2, -0.15) is 0 Å². The summed E-state index contributed by atoms with van der Waals surface area (Å²) >= 11 is 0. The Balaban J connectivity index is 1.91. The molecule has 0 radical (unpaired) electrons. The second kappa shape index (κ2) is 5.44. The predicted molar refractivity (Wildman–Crippen MR) is 62.0 cm³/mol. The van der Waals surface area contributed by atoms with Gasteiger partial charge in [0.05, 0.1) is 12.0 Å². The molecule has 1 heterocycles. The maximum absolute atomic E-state index is 13.3. The Hall–Kier alpha value is -2.17. The number of anilines is 1. The van der Waals surface area contributed by atoms with Crippen molar-refractivity contribution >= 4 is 11.6 Å². The summed E-state index contributed by atoms with van der Waals surface area (Å²) in [5.74, 6) is -1.14. The monoisotopic (exact) mass is 251 g/mol. The fourth-order valence-electron chi connectivity index (χ4n) is 1.50. The average molecular weight is 251 g/mol. The molecule has 0 spiro atoms. The number of rotatable bonds is 4. The SMILES string of the molecule is O=C(CCc1ccco1)Nc1ccc(F)cc1F. The molecule has 0 atom stereocenters. The molecule has 0 fully saturated rings. The van der Waals surface area contributed by atoms with Crippen molar-refractivity contribution in [1.82, 2.24) is 0 Å². The predicted octanol–water partition coefficient (Wildman–Crippen LogP) is 3.13. The number of amides is 1. The Bertz CT molecular complexity index is 538. The number of furan rings is 1. The third-order valence-corrected chi connectivity index (χ3v) is 2.38. The Morgan fingerprint density at radius 3 is 2.78 bits per heavy atom. The lowest BCUT2D eigenvalue weighted by Crippen LogP contribution is -2.13. The van der Waals surface area contributed by atoms with Crippen LogP contribution in [0.2, 0.25) is 0 Å². The van der Waals surface area contributed by atoms with E-state index in [-0.39, 0.29) is 18.0 Å². The molecule has 2 rings (SSSR count). The van der Waals surface area contributed by atoms with E-state index in [1.54, 1.807) is 12.1 Å². The third kappa shape index (κ3) is 3.16. The molecule has 0 saturated heterocycles. The van der Waals surface area contributed by atoms with E-state index in [2.05, 4.69) is 5.32 Å². The first-order valence-corrected chi connectivity index (χ1v) is 5.42. The molecule has 0 bridgehead atoms. The number of carbonyl (C=O) groups is 1. The molecule has 0 unspecified atom stereocenters. The first-order chi connectivity index (χ1) is 8.65. The van der Waals surface area contributed by atoms with E-state index < -0.39 is 11.6 Å². The van der Waals surface area contributed by atoms with Crippen LogP contribution >= 0.6 is 0 Å². The van der Waals surface area contributed by atoms with Gasteiger partial charge in [-0.1, -0.05) is 0 Å². The van der Waals surface area contributed by atoms with E-state index in [1.165, 1.54) is 12.3 Å². The van der Waals surface area contributed by atoms with Gasteiger partial charge in [-0.05, 0) is 24.3 Å². The number of halogens is 2. The van der Waals surface area contributed by atoms with Crippen LogP contribution in [-0.4, -0.2) is 5.91 Å². The van der Waals surface area contributed by atoms with Gasteiger partial charge in [0.2, 0.25) is 5.91 Å². The van der Waals surface area contributed by atoms with E-state index in [0.29, 0.717) is 12.2 Å². The molecule has 3 nitrogen and oxygen atoms in total. The van der Waals surface area contributed by atoms with Gasteiger partial charge in [0.15, 0.2) is 0 Å². The lowest BCUT2D eigenvalue weighted by molar-refractivity contribution is -0.116. The topological polar surface area (TPSA) is 42.2 Å². The zero-order chi connectivity index (χ0) is 13.0. The number of nitrogens with one attached hydrogen (secondary N) is 1. The van der Waals surface area contributed by atoms with Crippen LogP contribution in [0.15, 0.2) is 41.0 Å². The molecule has 18 heavy (non-hydrogen) atoms. The molecule has 1 amide bonds. The number of hydrogen-bond donors (Lipinski definition) is 1. The van der Waals surface area contributed by atoms with Gasteiger partial charge < -0.3 is 9.73 Å². The minimum absolute atomic E-state index is 0.0270. The highest BCUT2D eigenvalue weighted by Gasteiger charge is 2.08. The van der Waals surface area contributed by atoms with Crippen LogP contribution in [0.5, 0.6) is 0 Å². The van der Waals surface area contributed by atoms with Gasteiger partial charge in [-0.15, -0.1) is 0 Å². The summed E-state index contributed by atoms with van der Waals surface area (Å²) in [4.78, 5) is 11.5. The van der Waals surface area contributed by atoms with Gasteiger partial charge in [0.25, 0.3) is 0 Å². The molecule has 0 aliphatic carbocycles. The summed E-state index contributed by atoms with van der Waals surface area (Å²) in [6.07, 6.45) is 2.12. The summed E-state index contributed by atoms with van der Waals surface area (Å²) in [5.41, 5.74) is -0.0270. The number of aryl methyl sites for hydroxylation is 1. The molecular weight excluding hydrogens is 240 g/mol. The van der Waals surface area contributed by atoms with Crippen LogP contribution < -0.4 is 5.32 Å². The minimum atomic E-state index is -0.790. The summed E-state index contributed by atoms with van der Waals surface area (Å²) in [7, 11) is 0. The Morgan fingerprint density at radius 1 is 1.28 bits per heavy atom. The molecule has 1 aromatic carbocycles. The van der Waals surface area contributed by atoms with E-state index in [1.807, 2.05) is 0 Å². The van der Waals surface area contributed by atoms with Gasteiger partial charge in [-0.25, -0.2) is 8.78 Å². The van der Waals surface area contributed by atoms with E-state index in [9.17, 15) is 13.6 Å². The van der Waals surface area contributed by atoms with Crippen LogP contribution in [-0.2, 0) is 11.2 Å². The largest absolute Gasteiger partial charge is 0.469 e. The highest BCUT2D eigenvalue weighted by Crippen LogP contribution is 2.15. The highest BCUT2D eigenvalue weighted by atomic mass is 19.1. The van der Waals surface area contributed by atoms with E-state index >= 15 is 0 Å². The first-order valence-electron chi connectivity index (χ1n) is 5.42. The van der Waals surface area contributed by atoms with Crippen LogP contribution in [0.4, 0.5) is 14.5 Å². The lowest BCUT2D eigenvalue weighted by Gasteiger charge is -2.05. The molecule has 5 heteroatoms. The molecule has 0 aliphatic rings. The van der Waals surface area contributed by atoms with Crippen molar-refractivity contribution in [2.45, 2.75) is 12.8 Å². The maximum atomic E-state index is 13.3. The fraction of sp³-hybridized carbons (Fsp3) is 0.154. The molecule has 1 N–H and O–H groups in total. The standard InChI is InChI=1S/C13H11F2NO2/c14-9-3-5-12(11(15)8-9)16-13(17)6-4-10-2-1-7-18-10/h1-3,5,7-8H,4,6H2,(H,16,17). The van der Waals surface area contributed by atoms with E-state index in [4.69, 9.17) is 4.42 Å². The van der Waals surface area contributed by atoms with Crippen LogP contribution in [0.3, 0.4) is 0 Å². The molecule has 94 valence electrons. The Kier molecular flexibility index (Phi) is 3.72. The number of carbonyl (C=O) groups excluding carboxylic acids is 1. The highest BCUT2D eigenvalue weighted by molar-refractivity contribution is 5.90. The molecular formula is C13H11F2NO2. The van der Waals surface area contributed by atoms with Crippen LogP contribution in [0, 0.1) is 11.6 Å². The molecule has 0 saturated carbocycles. The second-order valence-electron chi connectivity index (χ2n) is 3.75. The van der Waals surface area contributed by atoms with Crippen molar-refractivity contribution < 1.29 is 18.0 Å². The van der Waals surface area contributed by atoms with Gasteiger partial charge in [0, 0.05) is 18.9 Å². The number of benzene rings is 1. The summed E-state index contributed by atoms with van der Waals surface area (Å²) in [6.45, 7) is 0. The van der Waals surface area contributed by atoms with Gasteiger partial charge >= 0.3 is 0 Å². The maximum Gasteiger partial charge on any atom is 0.224 e. The first kappa shape index (κ1) is 12.3. The number of hydrogen-bond acceptors (Lipinski definition) is 2. The third-order valence-electron chi connectivity index (χ3n) is 2.38. The Morgan fingerprint density at radius 2 is 2.11 bits per heavy atom. The summed E-state index contributed by atoms with van der Waals surface area (Å²) < 4.78 is 31.0. The van der Waals surface area contributed by atoms with Gasteiger partial charge in [0.1, 0.15) is 17.4 Å². The van der Waals surface area contributed by atoms with Crippen LogP contribution in [0.25, 0.3) is 0 Å². The van der Waals surface area contributed by atoms with Crippen molar-refractivity contribution in [3.05, 3.63) is 54.0 Å². The Labute approximate surface area is 102 Å². The second-order valence-corrected chi connectivity index (χ2v) is 3.75.